The number of thiazole rings is 1. The van der Waals surface area contributed by atoms with E-state index in [0.29, 0.717) is 16.5 Å². The number of amides is 2. The highest BCUT2D eigenvalue weighted by Gasteiger charge is 2.35. The maximum absolute atomic E-state index is 13.7. The largest absolute Gasteiger partial charge is 0.417 e. The Hall–Kier alpha value is -3.65. The average Bonchev–Trinajstić information content (AvgIpc) is 3.53. The van der Waals surface area contributed by atoms with E-state index in [1.807, 2.05) is 20.8 Å². The van der Waals surface area contributed by atoms with Gasteiger partial charge in [-0.15, -0.1) is 5.53 Å². The Bertz CT molecular complexity index is 1470. The molecule has 2 amide bonds. The van der Waals surface area contributed by atoms with Crippen LogP contribution in [0.3, 0.4) is 0 Å². The number of aryl methyl sites for hydroxylation is 1. The molecule has 0 fully saturated rings. The van der Waals surface area contributed by atoms with Crippen molar-refractivity contribution in [3.8, 4) is 0 Å². The lowest BCUT2D eigenvalue weighted by atomic mass is 10.1. The molecule has 1 aliphatic rings. The van der Waals surface area contributed by atoms with Crippen molar-refractivity contribution >= 4 is 57.0 Å². The van der Waals surface area contributed by atoms with E-state index in [1.165, 1.54) is 24.3 Å². The molecule has 9 nitrogen and oxygen atoms in total. The summed E-state index contributed by atoms with van der Waals surface area (Å²) in [7, 11) is 0. The van der Waals surface area contributed by atoms with Crippen LogP contribution in [-0.4, -0.2) is 22.8 Å². The standard InChI is InChI=1S/C26H27ClF3N7O2S/c1-13(2)31-10-17-7-18(9-19(23(17)27)26(28,29)30)34-24(39)16-6-5-14(3)21(8-16)37-12-20(35-36-37)22-11-32-25(40-22)33-15(4)38/h5-9,11-13,31,35-36H,10H2,1-4H3,(H,34,39)(H,32,33,38). The van der Waals surface area contributed by atoms with Crippen molar-refractivity contribution in [3.63, 3.8) is 0 Å². The van der Waals surface area contributed by atoms with Crippen molar-refractivity contribution in [2.24, 2.45) is 0 Å². The zero-order valence-corrected chi connectivity index (χ0v) is 23.5. The van der Waals surface area contributed by atoms with Gasteiger partial charge in [-0.3, -0.25) is 14.6 Å². The zero-order valence-electron chi connectivity index (χ0n) is 22.0. The summed E-state index contributed by atoms with van der Waals surface area (Å²) in [6.07, 6.45) is -1.32. The minimum atomic E-state index is -4.69. The monoisotopic (exact) mass is 593 g/mol. The number of alkyl halides is 3. The Morgan fingerprint density at radius 2 is 1.93 bits per heavy atom. The van der Waals surface area contributed by atoms with Gasteiger partial charge in [0.2, 0.25) is 5.91 Å². The van der Waals surface area contributed by atoms with Crippen LogP contribution in [0.15, 0.2) is 42.7 Å². The van der Waals surface area contributed by atoms with E-state index in [2.05, 4.69) is 31.9 Å². The molecule has 0 saturated heterocycles. The summed E-state index contributed by atoms with van der Waals surface area (Å²) in [5, 5.41) is 9.98. The summed E-state index contributed by atoms with van der Waals surface area (Å²) in [6.45, 7) is 7.08. The Balaban J connectivity index is 1.57. The molecule has 212 valence electrons. The molecule has 0 saturated carbocycles. The van der Waals surface area contributed by atoms with Crippen LogP contribution >= 0.6 is 22.9 Å². The highest BCUT2D eigenvalue weighted by Crippen LogP contribution is 2.39. The zero-order chi connectivity index (χ0) is 29.2. The van der Waals surface area contributed by atoms with Crippen LogP contribution in [-0.2, 0) is 17.5 Å². The molecule has 0 radical (unpaired) electrons. The topological polar surface area (TPSA) is 110 Å². The Labute approximate surface area is 237 Å². The van der Waals surface area contributed by atoms with E-state index in [9.17, 15) is 22.8 Å². The number of anilines is 3. The quantitative estimate of drug-likeness (QED) is 0.229. The number of carbonyl (C=O) groups is 2. The van der Waals surface area contributed by atoms with Crippen LogP contribution in [0.25, 0.3) is 5.70 Å². The third-order valence-electron chi connectivity index (χ3n) is 5.77. The number of hydrogen-bond acceptors (Lipinski definition) is 8. The maximum Gasteiger partial charge on any atom is 0.417 e. The molecule has 1 aromatic heterocycles. The van der Waals surface area contributed by atoms with Gasteiger partial charge in [-0.2, -0.15) is 13.2 Å². The van der Waals surface area contributed by atoms with Crippen LogP contribution in [0, 0.1) is 6.92 Å². The van der Waals surface area contributed by atoms with E-state index in [-0.39, 0.29) is 35.3 Å². The first-order chi connectivity index (χ1) is 18.8. The smallest absolute Gasteiger partial charge is 0.322 e. The van der Waals surface area contributed by atoms with Crippen LogP contribution in [0.4, 0.5) is 29.7 Å². The normalized spacial score (nSPS) is 13.3. The third-order valence-corrected chi connectivity index (χ3v) is 7.16. The SMILES string of the molecule is CC(=O)Nc1ncc(C2=CN(c3cc(C(=O)Nc4cc(CNC(C)C)c(Cl)c(C(F)(F)F)c4)ccc3C)NN2)s1. The van der Waals surface area contributed by atoms with E-state index >= 15 is 0 Å². The number of halogens is 4. The van der Waals surface area contributed by atoms with Crippen LogP contribution in [0.1, 0.15) is 52.7 Å². The fourth-order valence-corrected chi connectivity index (χ4v) is 4.91. The van der Waals surface area contributed by atoms with Gasteiger partial charge >= 0.3 is 6.18 Å². The summed E-state index contributed by atoms with van der Waals surface area (Å²) in [4.78, 5) is 29.4. The van der Waals surface area contributed by atoms with E-state index in [4.69, 9.17) is 11.6 Å². The number of carbonyl (C=O) groups excluding carboxylic acids is 2. The third kappa shape index (κ3) is 6.91. The maximum atomic E-state index is 13.7. The number of hydrogen-bond donors (Lipinski definition) is 5. The number of rotatable bonds is 8. The predicted octanol–water partition coefficient (Wildman–Crippen LogP) is 5.66. The summed E-state index contributed by atoms with van der Waals surface area (Å²) in [5.74, 6) is -0.811. The van der Waals surface area contributed by atoms with Gasteiger partial charge in [-0.05, 0) is 42.3 Å². The van der Waals surface area contributed by atoms with Gasteiger partial charge in [0.1, 0.15) is 0 Å². The molecule has 0 aliphatic carbocycles. The second kappa shape index (κ2) is 11.8. The second-order valence-electron chi connectivity index (χ2n) is 9.35. The van der Waals surface area contributed by atoms with E-state index in [1.54, 1.807) is 35.6 Å². The number of hydrazine groups is 2. The Morgan fingerprint density at radius 1 is 1.18 bits per heavy atom. The van der Waals surface area contributed by atoms with Gasteiger partial charge in [0.15, 0.2) is 5.13 Å². The molecule has 0 spiro atoms. The van der Waals surface area contributed by atoms with Crippen molar-refractivity contribution in [3.05, 3.63) is 74.9 Å². The van der Waals surface area contributed by atoms with Crippen LogP contribution in [0.5, 0.6) is 0 Å². The molecule has 0 bridgehead atoms. The lowest BCUT2D eigenvalue weighted by Crippen LogP contribution is -2.36. The molecular formula is C26H27ClF3N7O2S. The lowest BCUT2D eigenvalue weighted by molar-refractivity contribution is -0.137. The number of benzene rings is 2. The molecule has 3 aromatic rings. The van der Waals surface area contributed by atoms with Crippen molar-refractivity contribution in [1.82, 2.24) is 21.3 Å². The number of nitrogens with zero attached hydrogens (tertiary/aromatic N) is 2. The summed E-state index contributed by atoms with van der Waals surface area (Å²) in [6, 6.07) is 7.24. The van der Waals surface area contributed by atoms with Gasteiger partial charge in [0, 0.05) is 43.2 Å². The average molecular weight is 594 g/mol. The first kappa shape index (κ1) is 29.3. The van der Waals surface area contributed by atoms with E-state index < -0.39 is 22.7 Å². The first-order valence-corrected chi connectivity index (χ1v) is 13.3. The van der Waals surface area contributed by atoms with Crippen molar-refractivity contribution in [2.45, 2.75) is 46.5 Å². The Kier molecular flexibility index (Phi) is 8.68. The van der Waals surface area contributed by atoms with Crippen LogP contribution < -0.4 is 31.9 Å². The van der Waals surface area contributed by atoms with E-state index in [0.717, 1.165) is 16.5 Å². The molecule has 14 heteroatoms. The van der Waals surface area contributed by atoms with Crippen molar-refractivity contribution in [1.29, 1.82) is 0 Å². The molecule has 40 heavy (non-hydrogen) atoms. The van der Waals surface area contributed by atoms with Gasteiger partial charge < -0.3 is 21.4 Å². The van der Waals surface area contributed by atoms with Gasteiger partial charge in [0.25, 0.3) is 5.91 Å². The molecule has 2 heterocycles. The number of aromatic nitrogens is 1. The number of nitrogens with one attached hydrogen (secondary N) is 5. The fourth-order valence-electron chi connectivity index (χ4n) is 3.80. The Morgan fingerprint density at radius 3 is 2.60 bits per heavy atom. The minimum absolute atomic E-state index is 0.0206. The van der Waals surface area contributed by atoms with Crippen molar-refractivity contribution in [2.75, 3.05) is 15.6 Å². The summed E-state index contributed by atoms with van der Waals surface area (Å²) < 4.78 is 41.1. The lowest BCUT2D eigenvalue weighted by Gasteiger charge is -2.19. The molecule has 1 aliphatic heterocycles. The molecule has 4 rings (SSSR count). The first-order valence-electron chi connectivity index (χ1n) is 12.1. The van der Waals surface area contributed by atoms with Crippen molar-refractivity contribution < 1.29 is 22.8 Å². The predicted molar refractivity (Wildman–Crippen MR) is 151 cm³/mol. The van der Waals surface area contributed by atoms with Gasteiger partial charge in [-0.25, -0.2) is 4.98 Å². The summed E-state index contributed by atoms with van der Waals surface area (Å²) >= 11 is 7.35. The molecule has 0 unspecified atom stereocenters. The molecular weight excluding hydrogens is 567 g/mol. The minimum Gasteiger partial charge on any atom is -0.322 e. The van der Waals surface area contributed by atoms with Gasteiger partial charge in [-0.1, -0.05) is 42.9 Å². The highest BCUT2D eigenvalue weighted by atomic mass is 35.5. The summed E-state index contributed by atoms with van der Waals surface area (Å²) in [5.41, 5.74) is 7.59. The van der Waals surface area contributed by atoms with Gasteiger partial charge in [0.05, 0.1) is 26.8 Å². The molecule has 5 N–H and O–H groups in total. The molecule has 0 atom stereocenters. The highest BCUT2D eigenvalue weighted by molar-refractivity contribution is 7.16. The fraction of sp³-hybridized carbons (Fsp3) is 0.269. The molecule has 2 aromatic carbocycles. The van der Waals surface area contributed by atoms with Crippen LogP contribution in [0.2, 0.25) is 5.02 Å². The second-order valence-corrected chi connectivity index (χ2v) is 10.8.